The van der Waals surface area contributed by atoms with E-state index < -0.39 is 0 Å². The molecule has 1 aliphatic rings. The van der Waals surface area contributed by atoms with E-state index in [0.29, 0.717) is 12.6 Å². The molecule has 0 bridgehead atoms. The van der Waals surface area contributed by atoms with Crippen molar-refractivity contribution < 1.29 is 9.21 Å². The fourth-order valence-corrected chi connectivity index (χ4v) is 2.08. The molecule has 1 saturated carbocycles. The fourth-order valence-electron chi connectivity index (χ4n) is 2.08. The first kappa shape index (κ1) is 12.7. The molecule has 0 unspecified atom stereocenters. The van der Waals surface area contributed by atoms with E-state index in [1.807, 2.05) is 29.2 Å². The summed E-state index contributed by atoms with van der Waals surface area (Å²) in [5.74, 6) is 0.841. The minimum Gasteiger partial charge on any atom is -0.467 e. The number of carbonyl (C=O) groups excluding carboxylic acids is 1. The number of pyridine rings is 1. The third-order valence-electron chi connectivity index (χ3n) is 3.28. The van der Waals surface area contributed by atoms with Crippen LogP contribution in [0.15, 0.2) is 53.4 Å². The van der Waals surface area contributed by atoms with Crippen molar-refractivity contribution in [2.24, 2.45) is 0 Å². The second kappa shape index (κ2) is 5.74. The first-order valence-corrected chi connectivity index (χ1v) is 6.74. The van der Waals surface area contributed by atoms with Gasteiger partial charge in [0.15, 0.2) is 0 Å². The van der Waals surface area contributed by atoms with Crippen LogP contribution in [0.25, 0.3) is 6.08 Å². The van der Waals surface area contributed by atoms with Crippen molar-refractivity contribution in [1.82, 2.24) is 9.88 Å². The Morgan fingerprint density at radius 3 is 2.95 bits per heavy atom. The molecule has 2 aromatic heterocycles. The number of carbonyl (C=O) groups is 1. The second-order valence-electron chi connectivity index (χ2n) is 4.90. The highest BCUT2D eigenvalue weighted by Gasteiger charge is 2.32. The molecular formula is C16H16N2O2. The molecule has 4 nitrogen and oxygen atoms in total. The monoisotopic (exact) mass is 268 g/mol. The zero-order chi connectivity index (χ0) is 13.8. The summed E-state index contributed by atoms with van der Waals surface area (Å²) in [6.07, 6.45) is 10.6. The third-order valence-corrected chi connectivity index (χ3v) is 3.28. The predicted octanol–water partition coefficient (Wildman–Crippen LogP) is 2.88. The van der Waals surface area contributed by atoms with E-state index in [4.69, 9.17) is 4.42 Å². The standard InChI is InChI=1S/C16H16N2O2/c19-16(8-5-13-3-1-9-17-11-13)18(14-6-7-14)12-15-4-2-10-20-15/h1-5,8-11,14H,6-7,12H2/b8-5+. The molecule has 102 valence electrons. The van der Waals surface area contributed by atoms with E-state index in [1.54, 1.807) is 30.8 Å². The molecule has 0 aliphatic heterocycles. The number of hydrogen-bond donors (Lipinski definition) is 0. The van der Waals surface area contributed by atoms with E-state index >= 15 is 0 Å². The van der Waals surface area contributed by atoms with Crippen LogP contribution in [-0.4, -0.2) is 21.8 Å². The van der Waals surface area contributed by atoms with Crippen LogP contribution in [0.5, 0.6) is 0 Å². The van der Waals surface area contributed by atoms with Crippen LogP contribution in [0.1, 0.15) is 24.2 Å². The lowest BCUT2D eigenvalue weighted by Crippen LogP contribution is -2.30. The highest BCUT2D eigenvalue weighted by molar-refractivity contribution is 5.92. The zero-order valence-corrected chi connectivity index (χ0v) is 11.1. The van der Waals surface area contributed by atoms with Crippen LogP contribution in [0, 0.1) is 0 Å². The lowest BCUT2D eigenvalue weighted by atomic mass is 10.2. The maximum atomic E-state index is 12.3. The number of nitrogens with zero attached hydrogens (tertiary/aromatic N) is 2. The number of hydrogen-bond acceptors (Lipinski definition) is 3. The molecule has 3 rings (SSSR count). The van der Waals surface area contributed by atoms with Crippen molar-refractivity contribution in [2.75, 3.05) is 0 Å². The van der Waals surface area contributed by atoms with E-state index in [1.165, 1.54) is 0 Å². The Hall–Kier alpha value is -2.36. The molecule has 1 fully saturated rings. The van der Waals surface area contributed by atoms with Crippen LogP contribution in [0.3, 0.4) is 0 Å². The molecule has 4 heteroatoms. The highest BCUT2D eigenvalue weighted by atomic mass is 16.3. The van der Waals surface area contributed by atoms with Gasteiger partial charge in [-0.25, -0.2) is 0 Å². The Labute approximate surface area is 117 Å². The van der Waals surface area contributed by atoms with Crippen LogP contribution >= 0.6 is 0 Å². The number of rotatable bonds is 5. The van der Waals surface area contributed by atoms with Gasteiger partial charge < -0.3 is 9.32 Å². The Kier molecular flexibility index (Phi) is 3.63. The van der Waals surface area contributed by atoms with Gasteiger partial charge in [-0.05, 0) is 42.7 Å². The third kappa shape index (κ3) is 3.15. The van der Waals surface area contributed by atoms with Crippen LogP contribution in [0.4, 0.5) is 0 Å². The van der Waals surface area contributed by atoms with Crippen molar-refractivity contribution in [1.29, 1.82) is 0 Å². The smallest absolute Gasteiger partial charge is 0.247 e. The molecule has 20 heavy (non-hydrogen) atoms. The van der Waals surface area contributed by atoms with Crippen molar-refractivity contribution >= 4 is 12.0 Å². The first-order chi connectivity index (χ1) is 9.83. The summed E-state index contributed by atoms with van der Waals surface area (Å²) in [7, 11) is 0. The van der Waals surface area contributed by atoms with Crippen LogP contribution in [0.2, 0.25) is 0 Å². The van der Waals surface area contributed by atoms with E-state index in [-0.39, 0.29) is 5.91 Å². The maximum Gasteiger partial charge on any atom is 0.247 e. The van der Waals surface area contributed by atoms with Gasteiger partial charge in [0.05, 0.1) is 12.8 Å². The first-order valence-electron chi connectivity index (χ1n) is 6.74. The Morgan fingerprint density at radius 1 is 1.40 bits per heavy atom. The molecule has 0 radical (unpaired) electrons. The van der Waals surface area contributed by atoms with Gasteiger partial charge in [0, 0.05) is 24.5 Å². The normalized spacial score (nSPS) is 14.6. The van der Waals surface area contributed by atoms with Gasteiger partial charge in [0.2, 0.25) is 5.91 Å². The van der Waals surface area contributed by atoms with Gasteiger partial charge in [-0.1, -0.05) is 6.07 Å². The molecular weight excluding hydrogens is 252 g/mol. The molecule has 0 aromatic carbocycles. The lowest BCUT2D eigenvalue weighted by molar-refractivity contribution is -0.127. The van der Waals surface area contributed by atoms with E-state index in [9.17, 15) is 4.79 Å². The molecule has 0 atom stereocenters. The Bertz CT molecular complexity index is 586. The molecule has 0 spiro atoms. The van der Waals surface area contributed by atoms with Gasteiger partial charge in [0.25, 0.3) is 0 Å². The van der Waals surface area contributed by atoms with Gasteiger partial charge in [-0.15, -0.1) is 0 Å². The minimum atomic E-state index is 0.0211. The van der Waals surface area contributed by atoms with Crippen molar-refractivity contribution in [3.63, 3.8) is 0 Å². The van der Waals surface area contributed by atoms with Crippen LogP contribution in [-0.2, 0) is 11.3 Å². The maximum absolute atomic E-state index is 12.3. The Balaban J connectivity index is 1.68. The predicted molar refractivity (Wildman–Crippen MR) is 75.6 cm³/mol. The van der Waals surface area contributed by atoms with Gasteiger partial charge in [-0.3, -0.25) is 9.78 Å². The molecule has 1 amide bonds. The number of aromatic nitrogens is 1. The molecule has 0 saturated heterocycles. The molecule has 0 N–H and O–H groups in total. The summed E-state index contributed by atoms with van der Waals surface area (Å²) in [6, 6.07) is 7.87. The van der Waals surface area contributed by atoms with Crippen molar-refractivity contribution in [3.8, 4) is 0 Å². The van der Waals surface area contributed by atoms with Gasteiger partial charge in [-0.2, -0.15) is 0 Å². The van der Waals surface area contributed by atoms with Crippen molar-refractivity contribution in [2.45, 2.75) is 25.4 Å². The Morgan fingerprint density at radius 2 is 2.30 bits per heavy atom. The number of furan rings is 1. The van der Waals surface area contributed by atoms with E-state index in [2.05, 4.69) is 4.98 Å². The molecule has 2 aromatic rings. The minimum absolute atomic E-state index is 0.0211. The number of amides is 1. The van der Waals surface area contributed by atoms with Crippen LogP contribution < -0.4 is 0 Å². The lowest BCUT2D eigenvalue weighted by Gasteiger charge is -2.19. The average molecular weight is 268 g/mol. The second-order valence-corrected chi connectivity index (χ2v) is 4.90. The summed E-state index contributed by atoms with van der Waals surface area (Å²) in [5.41, 5.74) is 0.926. The summed E-state index contributed by atoms with van der Waals surface area (Å²) in [6.45, 7) is 0.536. The summed E-state index contributed by atoms with van der Waals surface area (Å²) in [4.78, 5) is 18.2. The van der Waals surface area contributed by atoms with E-state index in [0.717, 1.165) is 24.2 Å². The summed E-state index contributed by atoms with van der Waals surface area (Å²) in [5, 5.41) is 0. The SMILES string of the molecule is O=C(/C=C/c1cccnc1)N(Cc1ccco1)C1CC1. The van der Waals surface area contributed by atoms with Gasteiger partial charge in [0.1, 0.15) is 5.76 Å². The van der Waals surface area contributed by atoms with Gasteiger partial charge >= 0.3 is 0 Å². The van der Waals surface area contributed by atoms with Crippen molar-refractivity contribution in [3.05, 3.63) is 60.3 Å². The topological polar surface area (TPSA) is 46.3 Å². The average Bonchev–Trinajstić information content (AvgIpc) is 3.20. The molecule has 2 heterocycles. The quantitative estimate of drug-likeness (QED) is 0.783. The zero-order valence-electron chi connectivity index (χ0n) is 11.1. The fraction of sp³-hybridized carbons (Fsp3) is 0.250. The molecule has 1 aliphatic carbocycles. The largest absolute Gasteiger partial charge is 0.467 e. The summed E-state index contributed by atoms with van der Waals surface area (Å²) >= 11 is 0. The highest BCUT2D eigenvalue weighted by Crippen LogP contribution is 2.28. The summed E-state index contributed by atoms with van der Waals surface area (Å²) < 4.78 is 5.33.